The topological polar surface area (TPSA) is 72.0 Å². The van der Waals surface area contributed by atoms with Crippen LogP contribution in [0.2, 0.25) is 0 Å². The van der Waals surface area contributed by atoms with Crippen molar-refractivity contribution in [2.75, 3.05) is 11.0 Å². The first-order valence-electron chi connectivity index (χ1n) is 4.67. The molecular weight excluding hydrogens is 237 g/mol. The van der Waals surface area contributed by atoms with Crippen LogP contribution in [-0.2, 0) is 10.0 Å². The van der Waals surface area contributed by atoms with Gasteiger partial charge in [-0.15, -0.1) is 0 Å². The zero-order valence-corrected chi connectivity index (χ0v) is 10.3. The number of rotatable bonds is 2. The molecule has 1 aromatic heterocycles. The van der Waals surface area contributed by atoms with Gasteiger partial charge in [0.25, 0.3) is 0 Å². The van der Waals surface area contributed by atoms with E-state index in [4.69, 9.17) is 0 Å². The minimum absolute atomic E-state index is 0. The predicted molar refractivity (Wildman–Crippen MR) is 68.5 cm³/mol. The molecule has 0 atom stereocenters. The van der Waals surface area contributed by atoms with Gasteiger partial charge in [0, 0.05) is 8.41 Å². The lowest BCUT2D eigenvalue weighted by molar-refractivity contribution is 0.606. The molecule has 0 saturated heterocycles. The molecule has 0 spiro atoms. The summed E-state index contributed by atoms with van der Waals surface area (Å²) < 4.78 is 24.6. The Hall–Kier alpha value is -1.63. The molecule has 1 aromatic carbocycles. The van der Waals surface area contributed by atoms with Crippen LogP contribution in [0.4, 0.5) is 5.82 Å². The Balaban J connectivity index is 0.00000144. The molecule has 2 aromatic rings. The summed E-state index contributed by atoms with van der Waals surface area (Å²) in [5.74, 6) is 0.279. The van der Waals surface area contributed by atoms with Gasteiger partial charge in [-0.05, 0) is 19.1 Å². The number of benzene rings is 1. The van der Waals surface area contributed by atoms with Crippen LogP contribution in [0.1, 0.15) is 5.69 Å². The summed E-state index contributed by atoms with van der Waals surface area (Å²) in [6.45, 7) is 1.72. The Morgan fingerprint density at radius 2 is 1.65 bits per heavy atom. The van der Waals surface area contributed by atoms with Crippen molar-refractivity contribution in [2.24, 2.45) is 0 Å². The van der Waals surface area contributed by atoms with E-state index in [0.717, 1.165) is 11.8 Å². The SMILES string of the molecule is Cc1nc2ccccc2nc1NS(C)(=O)=O.[B]. The van der Waals surface area contributed by atoms with Crippen LogP contribution in [-0.4, -0.2) is 33.1 Å². The number of aromatic nitrogens is 2. The number of anilines is 1. The number of fused-ring (bicyclic) bond motifs is 1. The maximum atomic E-state index is 11.1. The monoisotopic (exact) mass is 248 g/mol. The average molecular weight is 248 g/mol. The van der Waals surface area contributed by atoms with E-state index in [1.807, 2.05) is 18.2 Å². The zero-order valence-electron chi connectivity index (χ0n) is 9.51. The number of hydrogen-bond donors (Lipinski definition) is 1. The van der Waals surface area contributed by atoms with E-state index in [-0.39, 0.29) is 14.2 Å². The first-order valence-corrected chi connectivity index (χ1v) is 6.56. The van der Waals surface area contributed by atoms with Gasteiger partial charge >= 0.3 is 0 Å². The van der Waals surface area contributed by atoms with Crippen LogP contribution >= 0.6 is 0 Å². The highest BCUT2D eigenvalue weighted by Crippen LogP contribution is 2.16. The first kappa shape index (κ1) is 13.4. The Labute approximate surface area is 102 Å². The molecule has 0 saturated carbocycles. The second-order valence-corrected chi connectivity index (χ2v) is 5.27. The van der Waals surface area contributed by atoms with E-state index >= 15 is 0 Å². The van der Waals surface area contributed by atoms with Crippen LogP contribution in [0.5, 0.6) is 0 Å². The Kier molecular flexibility index (Phi) is 3.72. The van der Waals surface area contributed by atoms with Crippen LogP contribution in [0.3, 0.4) is 0 Å². The standard InChI is InChI=1S/C10H11N3O2S.B/c1-7-10(13-16(2,14)15)12-9-6-4-3-5-8(9)11-7;/h3-6H,1-2H3,(H,12,13);. The Morgan fingerprint density at radius 3 is 2.18 bits per heavy atom. The van der Waals surface area contributed by atoms with E-state index < -0.39 is 10.0 Å². The van der Waals surface area contributed by atoms with Gasteiger partial charge in [-0.1, -0.05) is 12.1 Å². The summed E-state index contributed by atoms with van der Waals surface area (Å²) in [6.07, 6.45) is 1.09. The number of para-hydroxylation sites is 2. The van der Waals surface area contributed by atoms with Crippen molar-refractivity contribution in [1.82, 2.24) is 9.97 Å². The summed E-state index contributed by atoms with van der Waals surface area (Å²) in [4.78, 5) is 8.48. The van der Waals surface area contributed by atoms with Gasteiger partial charge in [-0.2, -0.15) is 0 Å². The van der Waals surface area contributed by atoms with Crippen molar-refractivity contribution in [3.8, 4) is 0 Å². The number of nitrogens with one attached hydrogen (secondary N) is 1. The van der Waals surface area contributed by atoms with Gasteiger partial charge < -0.3 is 0 Å². The largest absolute Gasteiger partial charge is 0.266 e. The third kappa shape index (κ3) is 3.16. The molecule has 0 fully saturated rings. The molecule has 87 valence electrons. The van der Waals surface area contributed by atoms with Gasteiger partial charge in [0.15, 0.2) is 5.82 Å². The molecule has 2 rings (SSSR count). The minimum Gasteiger partial charge on any atom is -0.266 e. The van der Waals surface area contributed by atoms with E-state index in [0.29, 0.717) is 11.2 Å². The third-order valence-corrected chi connectivity index (χ3v) is 2.59. The highest BCUT2D eigenvalue weighted by atomic mass is 32.2. The van der Waals surface area contributed by atoms with E-state index in [9.17, 15) is 8.42 Å². The lowest BCUT2D eigenvalue weighted by Crippen LogP contribution is -2.12. The van der Waals surface area contributed by atoms with Gasteiger partial charge in [-0.25, -0.2) is 18.4 Å². The van der Waals surface area contributed by atoms with E-state index in [1.54, 1.807) is 13.0 Å². The summed E-state index contributed by atoms with van der Waals surface area (Å²) >= 11 is 0. The number of nitrogens with zero attached hydrogens (tertiary/aromatic N) is 2. The second kappa shape index (κ2) is 4.71. The second-order valence-electron chi connectivity index (χ2n) is 3.52. The van der Waals surface area contributed by atoms with Crippen molar-refractivity contribution in [2.45, 2.75) is 6.92 Å². The van der Waals surface area contributed by atoms with Gasteiger partial charge in [0.05, 0.1) is 23.0 Å². The molecular formula is C10H11BN3O2S. The maximum Gasteiger partial charge on any atom is 0.231 e. The Morgan fingerprint density at radius 1 is 1.12 bits per heavy atom. The molecule has 7 heteroatoms. The summed E-state index contributed by atoms with van der Waals surface area (Å²) in [6, 6.07) is 7.31. The molecule has 3 radical (unpaired) electrons. The highest BCUT2D eigenvalue weighted by Gasteiger charge is 2.08. The lowest BCUT2D eigenvalue weighted by Gasteiger charge is -2.07. The smallest absolute Gasteiger partial charge is 0.231 e. The summed E-state index contributed by atoms with van der Waals surface area (Å²) in [7, 11) is -3.32. The van der Waals surface area contributed by atoms with Crippen LogP contribution in [0, 0.1) is 6.92 Å². The van der Waals surface area contributed by atoms with Crippen molar-refractivity contribution in [1.29, 1.82) is 0 Å². The molecule has 1 N–H and O–H groups in total. The Bertz CT molecular complexity index is 643. The molecule has 0 aliphatic heterocycles. The molecule has 0 unspecified atom stereocenters. The average Bonchev–Trinajstić information content (AvgIpc) is 2.17. The van der Waals surface area contributed by atoms with Crippen LogP contribution in [0.15, 0.2) is 24.3 Å². The van der Waals surface area contributed by atoms with Crippen molar-refractivity contribution in [3.05, 3.63) is 30.0 Å². The number of aryl methyl sites for hydroxylation is 1. The van der Waals surface area contributed by atoms with E-state index in [2.05, 4.69) is 14.7 Å². The van der Waals surface area contributed by atoms with Crippen LogP contribution in [0.25, 0.3) is 11.0 Å². The molecule has 0 amide bonds. The quantitative estimate of drug-likeness (QED) is 0.802. The van der Waals surface area contributed by atoms with Crippen molar-refractivity contribution in [3.63, 3.8) is 0 Å². The van der Waals surface area contributed by atoms with Crippen molar-refractivity contribution < 1.29 is 8.42 Å². The first-order chi connectivity index (χ1) is 7.46. The van der Waals surface area contributed by atoms with Crippen LogP contribution < -0.4 is 4.72 Å². The fourth-order valence-corrected chi connectivity index (χ4v) is 1.91. The summed E-state index contributed by atoms with van der Waals surface area (Å²) in [5.41, 5.74) is 1.97. The molecule has 17 heavy (non-hydrogen) atoms. The molecule has 5 nitrogen and oxygen atoms in total. The van der Waals surface area contributed by atoms with Gasteiger partial charge in [0.1, 0.15) is 0 Å². The maximum absolute atomic E-state index is 11.1. The molecule has 0 bridgehead atoms. The molecule has 0 aliphatic carbocycles. The normalized spacial score (nSPS) is 10.9. The number of hydrogen-bond acceptors (Lipinski definition) is 4. The molecule has 1 heterocycles. The zero-order chi connectivity index (χ0) is 11.8. The van der Waals surface area contributed by atoms with E-state index in [1.165, 1.54) is 0 Å². The predicted octanol–water partition coefficient (Wildman–Crippen LogP) is 0.929. The minimum atomic E-state index is -3.32. The fourth-order valence-electron chi connectivity index (χ4n) is 1.36. The van der Waals surface area contributed by atoms with Gasteiger partial charge in [0.2, 0.25) is 10.0 Å². The highest BCUT2D eigenvalue weighted by molar-refractivity contribution is 7.92. The third-order valence-electron chi connectivity index (χ3n) is 2.03. The lowest BCUT2D eigenvalue weighted by atomic mass is 10.3. The van der Waals surface area contributed by atoms with Gasteiger partial charge in [-0.3, -0.25) is 4.72 Å². The summed E-state index contributed by atoms with van der Waals surface area (Å²) in [5, 5.41) is 0. The molecule has 0 aliphatic rings. The fraction of sp³-hybridized carbons (Fsp3) is 0.200. The number of sulfonamides is 1. The van der Waals surface area contributed by atoms with Crippen molar-refractivity contribution >= 4 is 35.3 Å².